The van der Waals surface area contributed by atoms with Crippen molar-refractivity contribution in [1.82, 2.24) is 4.57 Å². The smallest absolute Gasteiger partial charge is 0.476 e. The van der Waals surface area contributed by atoms with Crippen molar-refractivity contribution in [3.8, 4) is 11.5 Å². The predicted molar refractivity (Wildman–Crippen MR) is 284 cm³/mol. The van der Waals surface area contributed by atoms with E-state index in [0.717, 1.165) is 23.3 Å². The van der Waals surface area contributed by atoms with Crippen LogP contribution in [0, 0.1) is 11.6 Å². The highest BCUT2D eigenvalue weighted by Gasteiger charge is 2.54. The molecule has 4 heterocycles. The van der Waals surface area contributed by atoms with E-state index in [1.807, 2.05) is 24.3 Å². The number of aromatic nitrogens is 1. The molecule has 0 bridgehead atoms. The first-order valence-corrected chi connectivity index (χ1v) is 28.4. The minimum atomic E-state index is -4.65. The number of aromatic carboxylic acids is 1. The van der Waals surface area contributed by atoms with Crippen molar-refractivity contribution < 1.29 is 74.0 Å². The van der Waals surface area contributed by atoms with Crippen LogP contribution < -0.4 is 24.7 Å². The monoisotopic (exact) mass is 1120 g/mol. The number of hydrogen-bond acceptors (Lipinski definition) is 15. The lowest BCUT2D eigenvalue weighted by Gasteiger charge is -2.35. The van der Waals surface area contributed by atoms with Crippen LogP contribution in [-0.4, -0.2) is 72.4 Å². The molecule has 410 valence electrons. The second kappa shape index (κ2) is 22.8. The van der Waals surface area contributed by atoms with E-state index in [9.17, 15) is 24.1 Å². The highest BCUT2D eigenvalue weighted by atomic mass is 31.2. The lowest BCUT2D eigenvalue weighted by molar-refractivity contribution is -0.0139. The Labute approximate surface area is 452 Å². The van der Waals surface area contributed by atoms with Crippen molar-refractivity contribution in [3.05, 3.63) is 201 Å². The first-order chi connectivity index (χ1) is 38.2. The fraction of sp³-hybridized carbons (Fsp3) is 0.281. The molecule has 1 amide bonds. The first-order valence-electron chi connectivity index (χ1n) is 25.5. The molecule has 3 atom stereocenters. The molecule has 1 N–H and O–H groups in total. The Morgan fingerprint density at radius 1 is 0.696 bits per heavy atom. The number of hydrogen-bond donors (Lipinski definition) is 1. The molecule has 22 heteroatoms. The number of anilines is 2. The van der Waals surface area contributed by atoms with Crippen molar-refractivity contribution in [2.24, 2.45) is 0 Å². The fourth-order valence-corrected chi connectivity index (χ4v) is 12.4. The van der Waals surface area contributed by atoms with Gasteiger partial charge in [0.25, 0.3) is 0 Å². The van der Waals surface area contributed by atoms with Gasteiger partial charge in [-0.1, -0.05) is 121 Å². The molecule has 0 unspecified atom stereocenters. The van der Waals surface area contributed by atoms with E-state index in [0.29, 0.717) is 24.0 Å². The van der Waals surface area contributed by atoms with Gasteiger partial charge in [-0.3, -0.25) is 36.8 Å². The maximum atomic E-state index is 16.8. The maximum absolute atomic E-state index is 16.8. The van der Waals surface area contributed by atoms with Gasteiger partial charge >= 0.3 is 27.7 Å². The molecular formula is C57H53F2N3O15P2. The molecular weight excluding hydrogens is 1070 g/mol. The summed E-state index contributed by atoms with van der Waals surface area (Å²) in [7, 11) is -8.88. The third-order valence-electron chi connectivity index (χ3n) is 13.8. The average Bonchev–Trinajstić information content (AvgIpc) is 4.19. The van der Waals surface area contributed by atoms with Crippen molar-refractivity contribution in [1.29, 1.82) is 0 Å². The summed E-state index contributed by atoms with van der Waals surface area (Å²) in [4.78, 5) is 41.9. The second-order valence-electron chi connectivity index (χ2n) is 19.6. The van der Waals surface area contributed by atoms with Crippen LogP contribution in [0.2, 0.25) is 0 Å². The van der Waals surface area contributed by atoms with Gasteiger partial charge in [-0.25, -0.2) is 27.5 Å². The number of phosphoric acid groups is 2. The van der Waals surface area contributed by atoms with Crippen molar-refractivity contribution in [2.45, 2.75) is 69.5 Å². The minimum absolute atomic E-state index is 0.0189. The van der Waals surface area contributed by atoms with Crippen molar-refractivity contribution in [3.63, 3.8) is 0 Å². The Bertz CT molecular complexity index is 3430. The third kappa shape index (κ3) is 12.2. The lowest BCUT2D eigenvalue weighted by atomic mass is 10.0. The van der Waals surface area contributed by atoms with Gasteiger partial charge in [0.05, 0.1) is 68.8 Å². The molecule has 79 heavy (non-hydrogen) atoms. The maximum Gasteiger partial charge on any atom is 0.476 e. The van der Waals surface area contributed by atoms with Gasteiger partial charge in [-0.05, 0) is 53.3 Å². The number of ether oxygens (including phenoxy) is 3. The fourth-order valence-electron chi connectivity index (χ4n) is 9.80. The Kier molecular flexibility index (Phi) is 15.5. The van der Waals surface area contributed by atoms with Crippen molar-refractivity contribution in [2.75, 3.05) is 42.7 Å². The number of carboxylic acids is 1. The number of cyclic esters (lactones) is 1. The van der Waals surface area contributed by atoms with E-state index in [-0.39, 0.29) is 99.0 Å². The molecule has 3 aliphatic heterocycles. The molecule has 1 aromatic heterocycles. The highest BCUT2D eigenvalue weighted by molar-refractivity contribution is 7.48. The molecule has 3 fully saturated rings. The van der Waals surface area contributed by atoms with Gasteiger partial charge in [0.2, 0.25) is 5.43 Å². The Morgan fingerprint density at radius 2 is 1.25 bits per heavy atom. The van der Waals surface area contributed by atoms with E-state index >= 15 is 13.3 Å². The zero-order valence-electron chi connectivity index (χ0n) is 42.3. The quantitative estimate of drug-likeness (QED) is 0.0592. The van der Waals surface area contributed by atoms with Gasteiger partial charge in [-0.15, -0.1) is 0 Å². The summed E-state index contributed by atoms with van der Waals surface area (Å²) in [6.07, 6.45) is 0.810. The zero-order chi connectivity index (χ0) is 54.7. The zero-order valence-corrected chi connectivity index (χ0v) is 44.1. The van der Waals surface area contributed by atoms with Crippen LogP contribution in [0.3, 0.4) is 0 Å². The van der Waals surface area contributed by atoms with Gasteiger partial charge in [0, 0.05) is 24.7 Å². The summed E-state index contributed by atoms with van der Waals surface area (Å²) in [5.74, 6) is -3.51. The number of carboxylic acid groups (broad SMARTS) is 1. The average molecular weight is 1120 g/mol. The predicted octanol–water partition coefficient (Wildman–Crippen LogP) is 11.5. The number of phosphoric ester groups is 2. The number of carbonyl (C=O) groups excluding carboxylic acids is 1. The van der Waals surface area contributed by atoms with E-state index in [4.69, 9.17) is 41.4 Å². The van der Waals surface area contributed by atoms with Crippen LogP contribution in [0.4, 0.5) is 25.0 Å². The molecule has 7 aromatic rings. The molecule has 2 saturated heterocycles. The Hall–Kier alpha value is -7.25. The molecule has 0 spiro atoms. The molecule has 18 nitrogen and oxygen atoms in total. The number of carbonyl (C=O) groups is 2. The second-order valence-corrected chi connectivity index (χ2v) is 22.8. The van der Waals surface area contributed by atoms with Crippen LogP contribution >= 0.6 is 15.6 Å². The van der Waals surface area contributed by atoms with Gasteiger partial charge in [-0.2, -0.15) is 0 Å². The Morgan fingerprint density at radius 3 is 1.78 bits per heavy atom. The number of fused-ring (bicyclic) bond motifs is 5. The SMILES string of the molecule is O=C(O)c1cn(C2CC2)c2c3c(c(F)cc2c1=O)N1C[C@@](COc2ccc(N4C[C@H](COP(=O)(OCc5ccccc5)OCc5ccccc5)OC4=O)cc2F)(OP(=O)(OCc2ccccc2)OCc2ccccc2)C[C@H]1CO3. The lowest BCUT2D eigenvalue weighted by Crippen LogP contribution is -2.43. The number of nitrogens with zero attached hydrogens (tertiary/aromatic N) is 3. The van der Waals surface area contributed by atoms with Crippen LogP contribution in [0.15, 0.2) is 157 Å². The topological polar surface area (TPSA) is 200 Å². The van der Waals surface area contributed by atoms with E-state index in [1.54, 1.807) is 107 Å². The Balaban J connectivity index is 0.852. The molecule has 6 aromatic carbocycles. The molecule has 1 aliphatic carbocycles. The summed E-state index contributed by atoms with van der Waals surface area (Å²) < 4.78 is 118. The molecule has 1 saturated carbocycles. The highest BCUT2D eigenvalue weighted by Crippen LogP contribution is 2.58. The summed E-state index contributed by atoms with van der Waals surface area (Å²) >= 11 is 0. The number of halogens is 2. The van der Waals surface area contributed by atoms with Crippen LogP contribution in [0.25, 0.3) is 10.9 Å². The first kappa shape index (κ1) is 53.7. The largest absolute Gasteiger partial charge is 0.487 e. The summed E-state index contributed by atoms with van der Waals surface area (Å²) in [5.41, 5.74) is -0.0730. The van der Waals surface area contributed by atoms with Gasteiger partial charge in [0.15, 0.2) is 23.1 Å². The van der Waals surface area contributed by atoms with E-state index < -0.39 is 74.7 Å². The number of rotatable bonds is 23. The van der Waals surface area contributed by atoms with Gasteiger partial charge in [0.1, 0.15) is 36.2 Å². The van der Waals surface area contributed by atoms with E-state index in [1.165, 1.54) is 23.2 Å². The number of pyridine rings is 1. The summed E-state index contributed by atoms with van der Waals surface area (Å²) in [6, 6.07) is 39.9. The van der Waals surface area contributed by atoms with Gasteiger partial charge < -0.3 is 28.8 Å². The standard InChI is InChI=1S/C57H53F2N3O15P2/c58-48-25-43(61-28-45(76-56(61)66)35-75-78(67,71-30-38-13-5-1-6-14-38)72-31-39-15-7-2-8-16-39)23-24-50(48)70-37-57(77-79(68,73-32-40-17-9-3-10-18-40)74-33-41-19-11-4-12-20-41)27-44-34-69-54-51-46(26-49(59)52(54)62(44)36-57)53(63)47(55(64)65)29-60(51)42-21-22-42/h1-20,23-26,29,42,44-45H,21-22,27-28,30-37H2,(H,64,65)/t44-,45+,57-/m0/s1. The molecule has 11 rings (SSSR count). The normalized spacial score (nSPS) is 19.0. The van der Waals surface area contributed by atoms with Crippen molar-refractivity contribution >= 4 is 50.0 Å². The van der Waals surface area contributed by atoms with Crippen LogP contribution in [0.5, 0.6) is 11.5 Å². The van der Waals surface area contributed by atoms with Crippen LogP contribution in [0.1, 0.15) is 57.9 Å². The minimum Gasteiger partial charge on any atom is -0.487 e. The summed E-state index contributed by atoms with van der Waals surface area (Å²) in [6.45, 7) is -1.93. The van der Waals surface area contributed by atoms with E-state index in [2.05, 4.69) is 0 Å². The summed E-state index contributed by atoms with van der Waals surface area (Å²) in [5, 5.41) is 9.75. The molecule has 0 radical (unpaired) electrons. The number of amides is 1. The molecule has 4 aliphatic rings. The third-order valence-corrected chi connectivity index (χ3v) is 16.7. The number of benzene rings is 6. The van der Waals surface area contributed by atoms with Crippen LogP contribution in [-0.2, 0) is 67.4 Å².